The SMILES string of the molecule is N.N.N.O=P(O)(O)O.O=P([O-])(O)O.[Na+]. The fraction of sp³-hybridized carbons (Fsp3) is 0. The van der Waals surface area contributed by atoms with E-state index in [1.165, 1.54) is 0 Å². The number of phosphoric acid groups is 2. The molecule has 0 aromatic heterocycles. The van der Waals surface area contributed by atoms with Gasteiger partial charge in [0.15, 0.2) is 0 Å². The van der Waals surface area contributed by atoms with E-state index in [4.69, 9.17) is 38.5 Å². The Balaban J connectivity index is -0.0000000178. The first-order chi connectivity index (χ1) is 4.00. The van der Waals surface area contributed by atoms with E-state index in [2.05, 4.69) is 0 Å². The van der Waals surface area contributed by atoms with Crippen LogP contribution in [0, 0.1) is 0 Å². The van der Waals surface area contributed by atoms with E-state index in [-0.39, 0.29) is 48.0 Å². The number of hydrogen-bond acceptors (Lipinski definition) is 6. The standard InChI is InChI=1S/3H3N.Na.2H3O4P/c;;;;2*1-5(2,3)4/h3*1H3;;2*(H3,1,2,3,4)/q;;;+1;;/p-1. The van der Waals surface area contributed by atoms with Gasteiger partial charge in [0.25, 0.3) is 7.82 Å². The average molecular weight is 269 g/mol. The van der Waals surface area contributed by atoms with Crippen LogP contribution in [0.4, 0.5) is 0 Å². The maximum Gasteiger partial charge on any atom is 1.00 e. The largest absolute Gasteiger partial charge is 1.00 e. The van der Waals surface area contributed by atoms with Crippen molar-refractivity contribution >= 4 is 15.6 Å². The van der Waals surface area contributed by atoms with Crippen LogP contribution in [-0.4, -0.2) is 24.5 Å². The van der Waals surface area contributed by atoms with Crippen LogP contribution in [0.15, 0.2) is 0 Å². The monoisotopic (exact) mass is 269 g/mol. The predicted molar refractivity (Wildman–Crippen MR) is 41.4 cm³/mol. The van der Waals surface area contributed by atoms with E-state index in [0.717, 1.165) is 0 Å². The van der Waals surface area contributed by atoms with Crippen LogP contribution < -0.4 is 52.9 Å². The van der Waals surface area contributed by atoms with Gasteiger partial charge >= 0.3 is 37.4 Å². The van der Waals surface area contributed by atoms with Gasteiger partial charge in [-0.25, -0.2) is 4.57 Å². The van der Waals surface area contributed by atoms with E-state index in [1.54, 1.807) is 0 Å². The van der Waals surface area contributed by atoms with Gasteiger partial charge in [0.1, 0.15) is 0 Å². The van der Waals surface area contributed by atoms with E-state index >= 15 is 0 Å². The second kappa shape index (κ2) is 14.1. The minimum absolute atomic E-state index is 0. The summed E-state index contributed by atoms with van der Waals surface area (Å²) in [5.74, 6) is 0. The Labute approximate surface area is 102 Å². The fourth-order valence-corrected chi connectivity index (χ4v) is 0. The molecule has 0 spiro atoms. The summed E-state index contributed by atoms with van der Waals surface area (Å²) in [6.07, 6.45) is 0. The average Bonchev–Trinajstić information content (AvgIpc) is 1.12. The molecule has 0 aliphatic rings. The first-order valence-corrected chi connectivity index (χ1v) is 4.64. The second-order valence-electron chi connectivity index (χ2n) is 1.00. The van der Waals surface area contributed by atoms with Crippen molar-refractivity contribution in [2.45, 2.75) is 0 Å². The summed E-state index contributed by atoms with van der Waals surface area (Å²) in [4.78, 5) is 44.5. The van der Waals surface area contributed by atoms with Crippen molar-refractivity contribution in [1.82, 2.24) is 18.5 Å². The summed E-state index contributed by atoms with van der Waals surface area (Å²) in [7, 11) is -9.53. The van der Waals surface area contributed by atoms with E-state index in [0.29, 0.717) is 0 Å². The first kappa shape index (κ1) is 36.3. The zero-order chi connectivity index (χ0) is 9.00. The van der Waals surface area contributed by atoms with Gasteiger partial charge in [0.05, 0.1) is 0 Å². The van der Waals surface area contributed by atoms with Crippen molar-refractivity contribution in [2.24, 2.45) is 0 Å². The topological polar surface area (TPSA) is 263 Å². The Morgan fingerprint density at radius 3 is 0.786 bits per heavy atom. The quantitative estimate of drug-likeness (QED) is 0.152. The molecule has 14 N–H and O–H groups in total. The Hall–Kier alpha value is 1.10. The molecule has 0 aliphatic carbocycles. The summed E-state index contributed by atoms with van der Waals surface area (Å²) >= 11 is 0. The van der Waals surface area contributed by atoms with Gasteiger partial charge in [-0.1, -0.05) is 0 Å². The zero-order valence-electron chi connectivity index (χ0n) is 7.48. The molecule has 14 heavy (non-hydrogen) atoms. The van der Waals surface area contributed by atoms with E-state index < -0.39 is 15.6 Å². The summed E-state index contributed by atoms with van der Waals surface area (Å²) in [6, 6.07) is 0. The third-order valence-corrected chi connectivity index (χ3v) is 0. The molecule has 0 radical (unpaired) electrons. The molecular weight excluding hydrogens is 255 g/mol. The molecule has 14 heteroatoms. The Morgan fingerprint density at radius 1 is 0.786 bits per heavy atom. The van der Waals surface area contributed by atoms with Gasteiger partial charge in [-0.2, -0.15) is 0 Å². The predicted octanol–water partition coefficient (Wildman–Crippen LogP) is -5.00. The Bertz CT molecular complexity index is 135. The minimum atomic E-state index is -4.89. The molecular formula is H14N3NaO8P2. The van der Waals surface area contributed by atoms with Crippen LogP contribution in [0.3, 0.4) is 0 Å². The summed E-state index contributed by atoms with van der Waals surface area (Å²) in [5.41, 5.74) is 0. The fourth-order valence-electron chi connectivity index (χ4n) is 0. The third-order valence-electron chi connectivity index (χ3n) is 0. The molecule has 0 saturated heterocycles. The normalized spacial score (nSPS) is 8.43. The molecule has 0 aromatic rings. The van der Waals surface area contributed by atoms with Crippen LogP contribution in [-0.2, 0) is 9.13 Å². The smallest absolute Gasteiger partial charge is 0.756 e. The molecule has 0 amide bonds. The van der Waals surface area contributed by atoms with Gasteiger partial charge in [0, 0.05) is 0 Å². The van der Waals surface area contributed by atoms with Crippen LogP contribution in [0.5, 0.6) is 0 Å². The van der Waals surface area contributed by atoms with E-state index in [1.807, 2.05) is 0 Å². The van der Waals surface area contributed by atoms with E-state index in [9.17, 15) is 0 Å². The van der Waals surface area contributed by atoms with Gasteiger partial charge in [-0.3, -0.25) is 4.57 Å². The summed E-state index contributed by atoms with van der Waals surface area (Å²) in [6.45, 7) is 0. The summed E-state index contributed by atoms with van der Waals surface area (Å²) < 4.78 is 17.7. The van der Waals surface area contributed by atoms with Gasteiger partial charge in [-0.15, -0.1) is 0 Å². The molecule has 0 fully saturated rings. The molecule has 0 heterocycles. The number of rotatable bonds is 0. The van der Waals surface area contributed by atoms with Crippen molar-refractivity contribution in [1.29, 1.82) is 0 Å². The van der Waals surface area contributed by atoms with Crippen molar-refractivity contribution in [2.75, 3.05) is 0 Å². The molecule has 0 rings (SSSR count). The molecule has 0 bridgehead atoms. The first-order valence-electron chi connectivity index (χ1n) is 1.55. The molecule has 0 aliphatic heterocycles. The second-order valence-corrected chi connectivity index (χ2v) is 3.01. The van der Waals surface area contributed by atoms with Crippen molar-refractivity contribution in [3.8, 4) is 0 Å². The minimum Gasteiger partial charge on any atom is -0.756 e. The summed E-state index contributed by atoms with van der Waals surface area (Å²) in [5, 5.41) is 0. The van der Waals surface area contributed by atoms with Gasteiger partial charge in [-0.05, 0) is 0 Å². The third kappa shape index (κ3) is 1590. The molecule has 0 atom stereocenters. The van der Waals surface area contributed by atoms with Crippen LogP contribution >= 0.6 is 15.6 Å². The molecule has 0 aromatic carbocycles. The van der Waals surface area contributed by atoms with Crippen LogP contribution in [0.25, 0.3) is 0 Å². The van der Waals surface area contributed by atoms with Gasteiger partial charge in [0.2, 0.25) is 0 Å². The van der Waals surface area contributed by atoms with Gasteiger partial charge < -0.3 is 47.8 Å². The zero-order valence-corrected chi connectivity index (χ0v) is 11.3. The number of hydrogen-bond donors (Lipinski definition) is 8. The molecule has 0 saturated carbocycles. The molecule has 88 valence electrons. The van der Waals surface area contributed by atoms with Crippen molar-refractivity contribution in [3.63, 3.8) is 0 Å². The molecule has 11 nitrogen and oxygen atoms in total. The Morgan fingerprint density at radius 2 is 0.786 bits per heavy atom. The van der Waals surface area contributed by atoms with Crippen LogP contribution in [0.1, 0.15) is 0 Å². The van der Waals surface area contributed by atoms with Crippen LogP contribution in [0.2, 0.25) is 0 Å². The Kier molecular flexibility index (Phi) is 36.5. The van der Waals surface area contributed by atoms with Crippen molar-refractivity contribution in [3.05, 3.63) is 0 Å². The maximum atomic E-state index is 8.88. The van der Waals surface area contributed by atoms with Crippen molar-refractivity contribution < 1.29 is 68.0 Å². The molecule has 0 unspecified atom stereocenters. The maximum absolute atomic E-state index is 8.88.